The molecule has 35 heavy (non-hydrogen) atoms. The summed E-state index contributed by atoms with van der Waals surface area (Å²) in [6, 6.07) is 30.1. The van der Waals surface area contributed by atoms with Crippen molar-refractivity contribution in [2.75, 3.05) is 16.2 Å². The molecule has 1 N–H and O–H groups in total. The van der Waals surface area contributed by atoms with Crippen LogP contribution in [0.2, 0.25) is 0 Å². The van der Waals surface area contributed by atoms with Crippen molar-refractivity contribution in [3.8, 4) is 11.5 Å². The molecule has 0 bridgehead atoms. The molecule has 0 aliphatic carbocycles. The van der Waals surface area contributed by atoms with E-state index in [0.29, 0.717) is 35.0 Å². The number of amides is 1. The number of benzene rings is 4. The van der Waals surface area contributed by atoms with Gasteiger partial charge < -0.3 is 10.1 Å². The maximum atomic E-state index is 13.3. The van der Waals surface area contributed by atoms with Crippen molar-refractivity contribution in [1.29, 1.82) is 0 Å². The monoisotopic (exact) mass is 484 g/mol. The minimum atomic E-state index is -3.71. The highest BCUT2D eigenvalue weighted by Gasteiger charge is 2.29. The third kappa shape index (κ3) is 4.76. The van der Waals surface area contributed by atoms with Crippen LogP contribution in [0.1, 0.15) is 22.3 Å². The number of ether oxygens (including phenoxy) is 1. The second kappa shape index (κ2) is 9.64. The van der Waals surface area contributed by atoms with Crippen molar-refractivity contribution in [2.45, 2.75) is 17.7 Å². The van der Waals surface area contributed by atoms with E-state index in [0.717, 1.165) is 18.4 Å². The Morgan fingerprint density at radius 2 is 1.51 bits per heavy atom. The standard InChI is InChI=1S/C28H24N2O4S/c31-28(25-15-7-8-16-27(25)34-23-11-3-1-4-12-23)29-22-18-17-21-10-9-19-30(26(21)20-22)35(32,33)24-13-5-2-6-14-24/h1-8,11-18,20H,9-10,19H2,(H,29,31). The second-order valence-corrected chi connectivity index (χ2v) is 10.1. The Hall–Kier alpha value is -4.10. The number of aryl methyl sites for hydroxylation is 1. The molecule has 0 saturated heterocycles. The van der Waals surface area contributed by atoms with Gasteiger partial charge in [0, 0.05) is 12.2 Å². The van der Waals surface area contributed by atoms with Crippen molar-refractivity contribution < 1.29 is 17.9 Å². The highest BCUT2D eigenvalue weighted by atomic mass is 32.2. The molecule has 0 radical (unpaired) electrons. The van der Waals surface area contributed by atoms with Crippen molar-refractivity contribution in [3.63, 3.8) is 0 Å². The van der Waals surface area contributed by atoms with E-state index in [1.165, 1.54) is 4.31 Å². The number of carbonyl (C=O) groups is 1. The molecule has 4 aromatic carbocycles. The molecule has 0 fully saturated rings. The zero-order valence-electron chi connectivity index (χ0n) is 18.9. The van der Waals surface area contributed by atoms with E-state index in [1.54, 1.807) is 66.7 Å². The number of rotatable bonds is 6. The lowest BCUT2D eigenvalue weighted by Crippen LogP contribution is -2.35. The van der Waals surface area contributed by atoms with Crippen LogP contribution in [-0.2, 0) is 16.4 Å². The van der Waals surface area contributed by atoms with Gasteiger partial charge in [0.25, 0.3) is 15.9 Å². The molecule has 6 nitrogen and oxygen atoms in total. The van der Waals surface area contributed by atoms with E-state index in [9.17, 15) is 13.2 Å². The van der Waals surface area contributed by atoms with Gasteiger partial charge in [-0.2, -0.15) is 0 Å². The van der Waals surface area contributed by atoms with E-state index in [4.69, 9.17) is 4.74 Å². The van der Waals surface area contributed by atoms with E-state index in [2.05, 4.69) is 5.32 Å². The number of carbonyl (C=O) groups excluding carboxylic acids is 1. The molecule has 5 rings (SSSR count). The minimum absolute atomic E-state index is 0.245. The number of nitrogens with one attached hydrogen (secondary N) is 1. The molecule has 1 amide bonds. The fourth-order valence-corrected chi connectivity index (χ4v) is 5.70. The van der Waals surface area contributed by atoms with Crippen LogP contribution in [-0.4, -0.2) is 20.9 Å². The molecule has 1 aliphatic rings. The Balaban J connectivity index is 1.43. The first kappa shape index (κ1) is 22.7. The van der Waals surface area contributed by atoms with Crippen molar-refractivity contribution in [1.82, 2.24) is 0 Å². The molecular weight excluding hydrogens is 460 g/mol. The third-order valence-corrected chi connectivity index (χ3v) is 7.68. The molecule has 0 unspecified atom stereocenters. The van der Waals surface area contributed by atoms with Crippen molar-refractivity contribution >= 4 is 27.3 Å². The van der Waals surface area contributed by atoms with Gasteiger partial charge in [0.15, 0.2) is 0 Å². The third-order valence-electron chi connectivity index (χ3n) is 5.85. The molecule has 0 saturated carbocycles. The topological polar surface area (TPSA) is 75.7 Å². The van der Waals surface area contributed by atoms with Crippen LogP contribution < -0.4 is 14.4 Å². The smallest absolute Gasteiger partial charge is 0.264 e. The van der Waals surface area contributed by atoms with Crippen LogP contribution in [0.5, 0.6) is 11.5 Å². The molecule has 1 aliphatic heterocycles. The molecule has 1 heterocycles. The summed E-state index contributed by atoms with van der Waals surface area (Å²) in [5.41, 5.74) is 2.41. The van der Waals surface area contributed by atoms with Gasteiger partial charge in [0.2, 0.25) is 0 Å². The number of fused-ring (bicyclic) bond motifs is 1. The summed E-state index contributed by atoms with van der Waals surface area (Å²) in [6.07, 6.45) is 1.51. The number of nitrogens with zero attached hydrogens (tertiary/aromatic N) is 1. The predicted molar refractivity (Wildman–Crippen MR) is 137 cm³/mol. The van der Waals surface area contributed by atoms with Gasteiger partial charge in [-0.05, 0) is 66.9 Å². The van der Waals surface area contributed by atoms with Crippen LogP contribution in [0.25, 0.3) is 0 Å². The molecule has 176 valence electrons. The van der Waals surface area contributed by atoms with Crippen LogP contribution in [0.15, 0.2) is 108 Å². The normalized spacial score (nSPS) is 13.1. The molecule has 4 aromatic rings. The highest BCUT2D eigenvalue weighted by molar-refractivity contribution is 7.92. The lowest BCUT2D eigenvalue weighted by molar-refractivity contribution is 0.102. The van der Waals surface area contributed by atoms with E-state index in [-0.39, 0.29) is 10.8 Å². The van der Waals surface area contributed by atoms with Crippen molar-refractivity contribution in [3.05, 3.63) is 114 Å². The molecule has 0 spiro atoms. The highest BCUT2D eigenvalue weighted by Crippen LogP contribution is 2.34. The van der Waals surface area contributed by atoms with Gasteiger partial charge in [-0.3, -0.25) is 9.10 Å². The quantitative estimate of drug-likeness (QED) is 0.371. The van der Waals surface area contributed by atoms with Crippen LogP contribution in [0, 0.1) is 0 Å². The van der Waals surface area contributed by atoms with Crippen LogP contribution in [0.4, 0.5) is 11.4 Å². The first-order valence-electron chi connectivity index (χ1n) is 11.4. The van der Waals surface area contributed by atoms with Gasteiger partial charge in [-0.15, -0.1) is 0 Å². The summed E-state index contributed by atoms with van der Waals surface area (Å²) in [4.78, 5) is 13.4. The Labute approximate surface area is 204 Å². The fraction of sp³-hybridized carbons (Fsp3) is 0.107. The lowest BCUT2D eigenvalue weighted by Gasteiger charge is -2.31. The second-order valence-electron chi connectivity index (χ2n) is 8.20. The Bertz CT molecular complexity index is 1460. The molecule has 0 atom stereocenters. The molecule has 7 heteroatoms. The summed E-state index contributed by atoms with van der Waals surface area (Å²) in [6.45, 7) is 0.384. The number of anilines is 2. The maximum absolute atomic E-state index is 13.3. The largest absolute Gasteiger partial charge is 0.457 e. The zero-order chi connectivity index (χ0) is 24.3. The number of para-hydroxylation sites is 2. The number of hydrogen-bond acceptors (Lipinski definition) is 4. The van der Waals surface area contributed by atoms with Gasteiger partial charge in [-0.25, -0.2) is 8.42 Å². The van der Waals surface area contributed by atoms with Crippen LogP contribution >= 0.6 is 0 Å². The summed E-state index contributed by atoms with van der Waals surface area (Å²) >= 11 is 0. The number of hydrogen-bond donors (Lipinski definition) is 1. The minimum Gasteiger partial charge on any atom is -0.457 e. The molecule has 0 aromatic heterocycles. The Morgan fingerprint density at radius 3 is 2.29 bits per heavy atom. The van der Waals surface area contributed by atoms with Gasteiger partial charge in [0.05, 0.1) is 16.1 Å². The van der Waals surface area contributed by atoms with Gasteiger partial charge in [0.1, 0.15) is 11.5 Å². The molecular formula is C28H24N2O4S. The summed E-state index contributed by atoms with van der Waals surface area (Å²) in [5, 5.41) is 2.91. The summed E-state index contributed by atoms with van der Waals surface area (Å²) in [5.74, 6) is 0.718. The summed E-state index contributed by atoms with van der Waals surface area (Å²) < 4.78 is 34.0. The first-order valence-corrected chi connectivity index (χ1v) is 12.8. The van der Waals surface area contributed by atoms with E-state index in [1.807, 2.05) is 36.4 Å². The Kier molecular flexibility index (Phi) is 6.25. The maximum Gasteiger partial charge on any atom is 0.264 e. The SMILES string of the molecule is O=C(Nc1ccc2c(c1)N(S(=O)(=O)c1ccccc1)CCC2)c1ccccc1Oc1ccccc1. The van der Waals surface area contributed by atoms with E-state index >= 15 is 0 Å². The van der Waals surface area contributed by atoms with Gasteiger partial charge in [-0.1, -0.05) is 54.6 Å². The fourth-order valence-electron chi connectivity index (χ4n) is 4.15. The first-order chi connectivity index (χ1) is 17.0. The average Bonchev–Trinajstić information content (AvgIpc) is 2.89. The van der Waals surface area contributed by atoms with Gasteiger partial charge >= 0.3 is 0 Å². The summed E-state index contributed by atoms with van der Waals surface area (Å²) in [7, 11) is -3.71. The average molecular weight is 485 g/mol. The van der Waals surface area contributed by atoms with E-state index < -0.39 is 10.0 Å². The predicted octanol–water partition coefficient (Wildman–Crippen LogP) is 5.87. The zero-order valence-corrected chi connectivity index (χ0v) is 19.7. The lowest BCUT2D eigenvalue weighted by atomic mass is 10.0. The Morgan fingerprint density at radius 1 is 0.829 bits per heavy atom. The number of sulfonamides is 1. The van der Waals surface area contributed by atoms with Crippen LogP contribution in [0.3, 0.4) is 0 Å². The van der Waals surface area contributed by atoms with Crippen molar-refractivity contribution in [2.24, 2.45) is 0 Å².